The fourth-order valence-electron chi connectivity index (χ4n) is 1.57. The predicted molar refractivity (Wildman–Crippen MR) is 74.5 cm³/mol. The molecule has 0 heterocycles. The van der Waals surface area contributed by atoms with Crippen LogP contribution in [0.3, 0.4) is 0 Å². The van der Waals surface area contributed by atoms with Crippen molar-refractivity contribution in [1.29, 1.82) is 0 Å². The van der Waals surface area contributed by atoms with Crippen molar-refractivity contribution < 1.29 is 22.5 Å². The summed E-state index contributed by atoms with van der Waals surface area (Å²) in [7, 11) is -4.02. The van der Waals surface area contributed by atoms with Gasteiger partial charge in [0.2, 0.25) is 0 Å². The average Bonchev–Trinajstić information content (AvgIpc) is 2.42. The summed E-state index contributed by atoms with van der Waals surface area (Å²) >= 11 is 0. The van der Waals surface area contributed by atoms with E-state index in [2.05, 4.69) is 8.91 Å². The maximum absolute atomic E-state index is 11.5. The summed E-state index contributed by atoms with van der Waals surface area (Å²) in [6.07, 6.45) is -0.262. The predicted octanol–water partition coefficient (Wildman–Crippen LogP) is 1.33. The third kappa shape index (κ3) is 6.14. The van der Waals surface area contributed by atoms with E-state index in [1.807, 2.05) is 30.3 Å². The van der Waals surface area contributed by atoms with Crippen LogP contribution in [0.2, 0.25) is 0 Å². The fraction of sp³-hybridized carbons (Fsp3) is 0.462. The Labute approximate surface area is 119 Å². The number of hydrogen-bond acceptors (Lipinski definition) is 4. The van der Waals surface area contributed by atoms with E-state index in [0.29, 0.717) is 12.8 Å². The molecule has 6 nitrogen and oxygen atoms in total. The second kappa shape index (κ2) is 7.98. The van der Waals surface area contributed by atoms with Gasteiger partial charge in [-0.05, 0) is 24.8 Å². The van der Waals surface area contributed by atoms with Crippen LogP contribution in [0.1, 0.15) is 25.3 Å². The average molecular weight is 301 g/mol. The van der Waals surface area contributed by atoms with E-state index in [1.54, 1.807) is 6.92 Å². The quantitative estimate of drug-likeness (QED) is 0.718. The lowest BCUT2D eigenvalue weighted by molar-refractivity contribution is -0.145. The number of carbonyl (C=O) groups is 1. The van der Waals surface area contributed by atoms with Crippen LogP contribution in [0.25, 0.3) is 0 Å². The van der Waals surface area contributed by atoms with Crippen molar-refractivity contribution in [1.82, 2.24) is 4.72 Å². The Morgan fingerprint density at radius 3 is 2.55 bits per heavy atom. The van der Waals surface area contributed by atoms with Gasteiger partial charge in [0.05, 0.1) is 0 Å². The molecule has 0 radical (unpaired) electrons. The number of carboxylic acids is 1. The zero-order valence-electron chi connectivity index (χ0n) is 11.3. The van der Waals surface area contributed by atoms with E-state index in [-0.39, 0.29) is 13.0 Å². The van der Waals surface area contributed by atoms with Gasteiger partial charge in [0.1, 0.15) is 0 Å². The van der Waals surface area contributed by atoms with Crippen molar-refractivity contribution in [2.75, 3.05) is 6.54 Å². The molecule has 0 saturated heterocycles. The van der Waals surface area contributed by atoms with E-state index < -0.39 is 22.4 Å². The topological polar surface area (TPSA) is 92.7 Å². The molecule has 7 heteroatoms. The van der Waals surface area contributed by atoms with Crippen LogP contribution >= 0.6 is 0 Å². The SMILES string of the molecule is CCCNS(=O)(=O)OC(CCc1ccccc1)C(=O)O. The van der Waals surface area contributed by atoms with E-state index in [4.69, 9.17) is 5.11 Å². The van der Waals surface area contributed by atoms with Gasteiger partial charge in [0, 0.05) is 6.54 Å². The molecule has 0 aromatic heterocycles. The molecular weight excluding hydrogens is 282 g/mol. The number of benzene rings is 1. The molecule has 0 amide bonds. The van der Waals surface area contributed by atoms with Crippen molar-refractivity contribution in [2.24, 2.45) is 0 Å². The summed E-state index contributed by atoms with van der Waals surface area (Å²) in [5.74, 6) is -1.29. The van der Waals surface area contributed by atoms with Crippen molar-refractivity contribution in [3.8, 4) is 0 Å². The minimum absolute atomic E-state index is 0.0897. The molecule has 1 rings (SSSR count). The van der Waals surface area contributed by atoms with Crippen molar-refractivity contribution >= 4 is 16.3 Å². The highest BCUT2D eigenvalue weighted by atomic mass is 32.2. The molecule has 1 aromatic rings. The van der Waals surface area contributed by atoms with Crippen LogP contribution in [0.4, 0.5) is 0 Å². The van der Waals surface area contributed by atoms with Gasteiger partial charge in [-0.1, -0.05) is 37.3 Å². The van der Waals surface area contributed by atoms with Gasteiger partial charge in [-0.15, -0.1) is 0 Å². The van der Waals surface area contributed by atoms with Crippen molar-refractivity contribution in [3.05, 3.63) is 35.9 Å². The maximum Gasteiger partial charge on any atom is 0.336 e. The largest absolute Gasteiger partial charge is 0.479 e. The molecule has 112 valence electrons. The van der Waals surface area contributed by atoms with Gasteiger partial charge >= 0.3 is 16.3 Å². The zero-order chi connectivity index (χ0) is 15.0. The summed E-state index contributed by atoms with van der Waals surface area (Å²) in [5.41, 5.74) is 0.932. The van der Waals surface area contributed by atoms with Gasteiger partial charge in [-0.2, -0.15) is 13.1 Å². The second-order valence-electron chi connectivity index (χ2n) is 4.30. The number of aliphatic carboxylic acids is 1. The molecule has 0 fully saturated rings. The van der Waals surface area contributed by atoms with Crippen LogP contribution in [0.15, 0.2) is 30.3 Å². The minimum Gasteiger partial charge on any atom is -0.479 e. The van der Waals surface area contributed by atoms with Crippen LogP contribution < -0.4 is 4.72 Å². The van der Waals surface area contributed by atoms with Gasteiger partial charge in [0.25, 0.3) is 0 Å². The summed E-state index contributed by atoms with van der Waals surface area (Å²) in [6, 6.07) is 9.23. The molecule has 1 unspecified atom stereocenters. The smallest absolute Gasteiger partial charge is 0.336 e. The number of carboxylic acid groups (broad SMARTS) is 1. The summed E-state index contributed by atoms with van der Waals surface area (Å²) < 4.78 is 29.9. The van der Waals surface area contributed by atoms with Crippen LogP contribution in [0, 0.1) is 0 Å². The van der Waals surface area contributed by atoms with E-state index >= 15 is 0 Å². The number of aryl methyl sites for hydroxylation is 1. The Hall–Kier alpha value is -1.44. The van der Waals surface area contributed by atoms with Crippen molar-refractivity contribution in [2.45, 2.75) is 32.3 Å². The molecule has 1 atom stereocenters. The molecule has 0 aliphatic carbocycles. The third-order valence-corrected chi connectivity index (χ3v) is 3.63. The molecule has 0 bridgehead atoms. The summed E-state index contributed by atoms with van der Waals surface area (Å²) in [4.78, 5) is 11.1. The van der Waals surface area contributed by atoms with Gasteiger partial charge in [-0.25, -0.2) is 8.98 Å². The molecule has 2 N–H and O–H groups in total. The number of hydrogen-bond donors (Lipinski definition) is 2. The van der Waals surface area contributed by atoms with Crippen LogP contribution in [-0.4, -0.2) is 32.1 Å². The van der Waals surface area contributed by atoms with E-state index in [0.717, 1.165) is 5.56 Å². The summed E-state index contributed by atoms with van der Waals surface area (Å²) in [5, 5.41) is 9.02. The first kappa shape index (κ1) is 16.6. The Bertz CT molecular complexity index is 515. The Morgan fingerprint density at radius 2 is 2.00 bits per heavy atom. The lowest BCUT2D eigenvalue weighted by Crippen LogP contribution is -2.34. The second-order valence-corrected chi connectivity index (χ2v) is 5.69. The Morgan fingerprint density at radius 1 is 1.35 bits per heavy atom. The molecule has 1 aromatic carbocycles. The molecule has 0 saturated carbocycles. The first-order valence-corrected chi connectivity index (χ1v) is 7.80. The highest BCUT2D eigenvalue weighted by Crippen LogP contribution is 2.10. The number of rotatable bonds is 9. The lowest BCUT2D eigenvalue weighted by atomic mass is 10.1. The van der Waals surface area contributed by atoms with Crippen LogP contribution in [-0.2, 0) is 25.7 Å². The Balaban J connectivity index is 2.59. The molecule has 20 heavy (non-hydrogen) atoms. The molecular formula is C13H19NO5S. The number of nitrogens with one attached hydrogen (secondary N) is 1. The van der Waals surface area contributed by atoms with Gasteiger partial charge in [0.15, 0.2) is 6.10 Å². The molecule has 0 aliphatic rings. The Kier molecular flexibility index (Phi) is 6.63. The van der Waals surface area contributed by atoms with Crippen molar-refractivity contribution in [3.63, 3.8) is 0 Å². The fourth-order valence-corrected chi connectivity index (χ4v) is 2.58. The van der Waals surface area contributed by atoms with E-state index in [9.17, 15) is 13.2 Å². The minimum atomic E-state index is -4.02. The van der Waals surface area contributed by atoms with Gasteiger partial charge in [-0.3, -0.25) is 0 Å². The third-order valence-electron chi connectivity index (χ3n) is 2.59. The zero-order valence-corrected chi connectivity index (χ0v) is 12.1. The molecule has 0 spiro atoms. The maximum atomic E-state index is 11.5. The molecule has 0 aliphatic heterocycles. The summed E-state index contributed by atoms with van der Waals surface area (Å²) in [6.45, 7) is 2.01. The first-order valence-electron chi connectivity index (χ1n) is 6.39. The first-order chi connectivity index (χ1) is 9.44. The monoisotopic (exact) mass is 301 g/mol. The lowest BCUT2D eigenvalue weighted by Gasteiger charge is -2.13. The standard InChI is InChI=1S/C13H19NO5S/c1-2-10-14-20(17,18)19-12(13(15)16)9-8-11-6-4-3-5-7-11/h3-7,12,14H,2,8-10H2,1H3,(H,15,16). The van der Waals surface area contributed by atoms with Gasteiger partial charge < -0.3 is 5.11 Å². The normalized spacial score (nSPS) is 13.1. The highest BCUT2D eigenvalue weighted by Gasteiger charge is 2.25. The highest BCUT2D eigenvalue weighted by molar-refractivity contribution is 7.84. The van der Waals surface area contributed by atoms with E-state index in [1.165, 1.54) is 0 Å². The van der Waals surface area contributed by atoms with Crippen LogP contribution in [0.5, 0.6) is 0 Å².